The summed E-state index contributed by atoms with van der Waals surface area (Å²) in [5.74, 6) is -1.18. The van der Waals surface area contributed by atoms with Gasteiger partial charge in [-0.25, -0.2) is 0 Å². The molecule has 5 heteroatoms. The summed E-state index contributed by atoms with van der Waals surface area (Å²) in [5, 5.41) is 9.50. The maximum absolute atomic E-state index is 12.3. The Kier molecular flexibility index (Phi) is 4.10. The normalized spacial score (nSPS) is 16.4. The zero-order valence-electron chi connectivity index (χ0n) is 10.7. The zero-order valence-corrected chi connectivity index (χ0v) is 11.5. The van der Waals surface area contributed by atoms with Gasteiger partial charge in [-0.15, -0.1) is 0 Å². The van der Waals surface area contributed by atoms with Crippen LogP contribution in [0, 0.1) is 12.8 Å². The largest absolute Gasteiger partial charge is 0.481 e. The Labute approximate surface area is 117 Å². The minimum atomic E-state index is -0.773. The predicted molar refractivity (Wildman–Crippen MR) is 72.5 cm³/mol. The lowest BCUT2D eigenvalue weighted by Gasteiger charge is -2.30. The summed E-state index contributed by atoms with van der Waals surface area (Å²) >= 11 is 6.01. The second-order valence-corrected chi connectivity index (χ2v) is 5.28. The van der Waals surface area contributed by atoms with Crippen LogP contribution in [-0.4, -0.2) is 35.0 Å². The Hall–Kier alpha value is -1.55. The number of piperidine rings is 1. The van der Waals surface area contributed by atoms with Crippen LogP contribution in [0.5, 0.6) is 0 Å². The van der Waals surface area contributed by atoms with Gasteiger partial charge < -0.3 is 10.0 Å². The van der Waals surface area contributed by atoms with Crippen LogP contribution >= 0.6 is 11.6 Å². The number of aliphatic carboxylic acids is 1. The fraction of sp³-hybridized carbons (Fsp3) is 0.429. The summed E-state index contributed by atoms with van der Waals surface area (Å²) < 4.78 is 0. The van der Waals surface area contributed by atoms with Gasteiger partial charge in [0.15, 0.2) is 0 Å². The highest BCUT2D eigenvalue weighted by atomic mass is 35.5. The predicted octanol–water partition coefficient (Wildman–Crippen LogP) is 2.59. The molecule has 19 heavy (non-hydrogen) atoms. The Bertz CT molecular complexity index is 507. The summed E-state index contributed by atoms with van der Waals surface area (Å²) in [7, 11) is 0. The molecule has 1 saturated heterocycles. The smallest absolute Gasteiger partial charge is 0.306 e. The van der Waals surface area contributed by atoms with Crippen molar-refractivity contribution in [2.45, 2.75) is 19.8 Å². The maximum Gasteiger partial charge on any atom is 0.306 e. The van der Waals surface area contributed by atoms with Crippen molar-refractivity contribution in [1.29, 1.82) is 0 Å². The van der Waals surface area contributed by atoms with Gasteiger partial charge in [-0.1, -0.05) is 17.7 Å². The van der Waals surface area contributed by atoms with Crippen molar-refractivity contribution in [1.82, 2.24) is 4.90 Å². The quantitative estimate of drug-likeness (QED) is 0.906. The van der Waals surface area contributed by atoms with Gasteiger partial charge in [0.05, 0.1) is 5.92 Å². The number of benzene rings is 1. The molecule has 2 rings (SSSR count). The minimum absolute atomic E-state index is 0.0780. The molecule has 0 bridgehead atoms. The van der Waals surface area contributed by atoms with Gasteiger partial charge in [-0.2, -0.15) is 0 Å². The average molecular weight is 282 g/mol. The third-order valence-corrected chi connectivity index (χ3v) is 3.96. The van der Waals surface area contributed by atoms with Gasteiger partial charge in [0.25, 0.3) is 5.91 Å². The Morgan fingerprint density at radius 2 is 1.95 bits per heavy atom. The molecule has 0 aromatic heterocycles. The van der Waals surface area contributed by atoms with E-state index >= 15 is 0 Å². The van der Waals surface area contributed by atoms with E-state index in [2.05, 4.69) is 0 Å². The standard InChI is InChI=1S/C14H16ClNO3/c1-9-2-3-11(8-12(9)15)13(17)16-6-4-10(5-7-16)14(18)19/h2-3,8,10H,4-7H2,1H3,(H,18,19). The van der Waals surface area contributed by atoms with Gasteiger partial charge in [0, 0.05) is 23.7 Å². The molecule has 0 aliphatic carbocycles. The van der Waals surface area contributed by atoms with Gasteiger partial charge in [0.1, 0.15) is 0 Å². The van der Waals surface area contributed by atoms with E-state index < -0.39 is 5.97 Å². The van der Waals surface area contributed by atoms with E-state index in [1.165, 1.54) is 0 Å². The summed E-state index contributed by atoms with van der Waals surface area (Å²) in [6, 6.07) is 5.24. The highest BCUT2D eigenvalue weighted by Gasteiger charge is 2.27. The molecule has 102 valence electrons. The number of hydrogen-bond donors (Lipinski definition) is 1. The van der Waals surface area contributed by atoms with Crippen molar-refractivity contribution in [3.63, 3.8) is 0 Å². The van der Waals surface area contributed by atoms with E-state index in [-0.39, 0.29) is 11.8 Å². The number of carbonyl (C=O) groups excluding carboxylic acids is 1. The fourth-order valence-electron chi connectivity index (χ4n) is 2.24. The van der Waals surface area contributed by atoms with E-state index in [9.17, 15) is 9.59 Å². The Morgan fingerprint density at radius 1 is 1.32 bits per heavy atom. The first kappa shape index (κ1) is 13.9. The molecule has 0 unspecified atom stereocenters. The van der Waals surface area contributed by atoms with Gasteiger partial charge in [-0.3, -0.25) is 9.59 Å². The number of rotatable bonds is 2. The van der Waals surface area contributed by atoms with Crippen LogP contribution in [0.15, 0.2) is 18.2 Å². The SMILES string of the molecule is Cc1ccc(C(=O)N2CCC(C(=O)O)CC2)cc1Cl. The lowest BCUT2D eigenvalue weighted by molar-refractivity contribution is -0.143. The molecule has 1 N–H and O–H groups in total. The number of halogens is 1. The molecule has 1 aromatic rings. The van der Waals surface area contributed by atoms with Crippen LogP contribution in [0.4, 0.5) is 0 Å². The fourth-order valence-corrected chi connectivity index (χ4v) is 2.42. The van der Waals surface area contributed by atoms with Crippen LogP contribution in [0.1, 0.15) is 28.8 Å². The first-order valence-electron chi connectivity index (χ1n) is 6.27. The second kappa shape index (κ2) is 5.61. The number of likely N-dealkylation sites (tertiary alicyclic amines) is 1. The molecule has 1 amide bonds. The van der Waals surface area contributed by atoms with Crippen LogP contribution in [-0.2, 0) is 4.79 Å². The van der Waals surface area contributed by atoms with Crippen LogP contribution in [0.2, 0.25) is 5.02 Å². The van der Waals surface area contributed by atoms with E-state index in [0.717, 1.165) is 5.56 Å². The molecule has 0 saturated carbocycles. The highest BCUT2D eigenvalue weighted by molar-refractivity contribution is 6.31. The first-order chi connectivity index (χ1) is 8.99. The van der Waals surface area contributed by atoms with Gasteiger partial charge in [-0.05, 0) is 37.5 Å². The molecule has 1 aliphatic heterocycles. The summed E-state index contributed by atoms with van der Waals surface area (Å²) in [5.41, 5.74) is 1.49. The lowest BCUT2D eigenvalue weighted by atomic mass is 9.96. The van der Waals surface area contributed by atoms with E-state index in [1.54, 1.807) is 17.0 Å². The Morgan fingerprint density at radius 3 is 2.47 bits per heavy atom. The number of hydrogen-bond acceptors (Lipinski definition) is 2. The summed E-state index contributed by atoms with van der Waals surface area (Å²) in [6.45, 7) is 2.86. The van der Waals surface area contributed by atoms with Gasteiger partial charge in [0.2, 0.25) is 0 Å². The van der Waals surface area contributed by atoms with Crippen LogP contribution in [0.25, 0.3) is 0 Å². The zero-order chi connectivity index (χ0) is 14.0. The molecule has 0 radical (unpaired) electrons. The maximum atomic E-state index is 12.3. The second-order valence-electron chi connectivity index (χ2n) is 4.87. The highest BCUT2D eigenvalue weighted by Crippen LogP contribution is 2.21. The van der Waals surface area contributed by atoms with Crippen molar-refractivity contribution in [3.8, 4) is 0 Å². The third kappa shape index (κ3) is 3.07. The van der Waals surface area contributed by atoms with E-state index in [1.807, 2.05) is 13.0 Å². The van der Waals surface area contributed by atoms with Crippen LogP contribution in [0.3, 0.4) is 0 Å². The molecule has 1 aliphatic rings. The number of carboxylic acid groups (broad SMARTS) is 1. The monoisotopic (exact) mass is 281 g/mol. The minimum Gasteiger partial charge on any atom is -0.481 e. The summed E-state index contributed by atoms with van der Waals surface area (Å²) in [4.78, 5) is 24.8. The average Bonchev–Trinajstić information content (AvgIpc) is 2.41. The van der Waals surface area contributed by atoms with Crippen molar-refractivity contribution < 1.29 is 14.7 Å². The van der Waals surface area contributed by atoms with Crippen molar-refractivity contribution in [2.75, 3.05) is 13.1 Å². The van der Waals surface area contributed by atoms with Crippen molar-refractivity contribution in [2.24, 2.45) is 5.92 Å². The molecule has 0 spiro atoms. The molecule has 0 atom stereocenters. The molecular formula is C14H16ClNO3. The van der Waals surface area contributed by atoms with Crippen molar-refractivity contribution in [3.05, 3.63) is 34.3 Å². The molecule has 1 aromatic carbocycles. The molecular weight excluding hydrogens is 266 g/mol. The number of amides is 1. The van der Waals surface area contributed by atoms with Gasteiger partial charge >= 0.3 is 5.97 Å². The lowest BCUT2D eigenvalue weighted by Crippen LogP contribution is -2.40. The molecule has 4 nitrogen and oxygen atoms in total. The first-order valence-corrected chi connectivity index (χ1v) is 6.65. The molecule has 1 fully saturated rings. The number of nitrogens with zero attached hydrogens (tertiary/aromatic N) is 1. The number of carboxylic acids is 1. The summed E-state index contributed by atoms with van der Waals surface area (Å²) in [6.07, 6.45) is 1.03. The van der Waals surface area contributed by atoms with Crippen LogP contribution < -0.4 is 0 Å². The van der Waals surface area contributed by atoms with E-state index in [4.69, 9.17) is 16.7 Å². The number of carbonyl (C=O) groups is 2. The van der Waals surface area contributed by atoms with Crippen molar-refractivity contribution >= 4 is 23.5 Å². The third-order valence-electron chi connectivity index (χ3n) is 3.55. The topological polar surface area (TPSA) is 57.6 Å². The number of aryl methyl sites for hydroxylation is 1. The molecule has 1 heterocycles. The van der Waals surface area contributed by atoms with E-state index in [0.29, 0.717) is 36.5 Å². The Balaban J connectivity index is 2.05.